The second-order valence-electron chi connectivity index (χ2n) is 9.61. The average Bonchev–Trinajstić information content (AvgIpc) is 3.38. The molecular weight excluding hydrogens is 426 g/mol. The van der Waals surface area contributed by atoms with Crippen LogP contribution < -0.4 is 4.90 Å². The van der Waals surface area contributed by atoms with Gasteiger partial charge in [-0.1, -0.05) is 60.5 Å². The van der Waals surface area contributed by atoms with Crippen molar-refractivity contribution in [3.63, 3.8) is 0 Å². The van der Waals surface area contributed by atoms with Crippen LogP contribution in [0.5, 0.6) is 5.75 Å². The van der Waals surface area contributed by atoms with Gasteiger partial charge in [0.05, 0.1) is 30.2 Å². The number of phenols is 1. The molecule has 5 heteroatoms. The van der Waals surface area contributed by atoms with E-state index in [1.165, 1.54) is 21.6 Å². The Hall–Kier alpha value is -3.18. The lowest BCUT2D eigenvalue weighted by Gasteiger charge is -2.31. The number of carbonyl (C=O) groups excluding carboxylic acids is 2. The standard InChI is InChI=1S/C29H31NO4/c1-3-19-16-22-27(29(33)30(28(22)32)21-10-5-4-6-11-21)23-17-34-25(26(19)23)14-13-18(2)15-20-9-7-8-12-24(20)31/h4-12,15,22-23,25,27,31H,3,13-14,16-17H2,1-2H3/b18-15+/t22-,23+,25-,27-/m1/s1. The Morgan fingerprint density at radius 2 is 1.79 bits per heavy atom. The summed E-state index contributed by atoms with van der Waals surface area (Å²) < 4.78 is 6.27. The number of aromatic hydroxyl groups is 1. The summed E-state index contributed by atoms with van der Waals surface area (Å²) in [6.07, 6.45) is 5.17. The van der Waals surface area contributed by atoms with Crippen LogP contribution in [0.2, 0.25) is 0 Å². The fourth-order valence-corrected chi connectivity index (χ4v) is 5.95. The minimum Gasteiger partial charge on any atom is -0.507 e. The molecule has 0 unspecified atom stereocenters. The molecule has 2 aromatic carbocycles. The van der Waals surface area contributed by atoms with E-state index in [0.717, 1.165) is 24.8 Å². The second-order valence-corrected chi connectivity index (χ2v) is 9.61. The van der Waals surface area contributed by atoms with E-state index in [1.807, 2.05) is 54.6 Å². The van der Waals surface area contributed by atoms with Crippen molar-refractivity contribution in [1.29, 1.82) is 0 Å². The van der Waals surface area contributed by atoms with Gasteiger partial charge in [0.25, 0.3) is 0 Å². The molecule has 5 rings (SSSR count). The number of imide groups is 1. The van der Waals surface area contributed by atoms with E-state index in [2.05, 4.69) is 13.8 Å². The van der Waals surface area contributed by atoms with Crippen LogP contribution in [0.15, 0.2) is 71.3 Å². The topological polar surface area (TPSA) is 66.8 Å². The summed E-state index contributed by atoms with van der Waals surface area (Å²) in [5, 5.41) is 10.1. The molecule has 1 aliphatic carbocycles. The Bertz CT molecular complexity index is 1170. The zero-order valence-electron chi connectivity index (χ0n) is 19.7. The third kappa shape index (κ3) is 3.88. The summed E-state index contributed by atoms with van der Waals surface area (Å²) in [4.78, 5) is 28.2. The predicted molar refractivity (Wildman–Crippen MR) is 132 cm³/mol. The quantitative estimate of drug-likeness (QED) is 0.459. The van der Waals surface area contributed by atoms with E-state index in [-0.39, 0.29) is 41.4 Å². The number of fused-ring (bicyclic) bond motifs is 3. The zero-order chi connectivity index (χ0) is 23.8. The van der Waals surface area contributed by atoms with Gasteiger partial charge in [-0.25, -0.2) is 0 Å². The summed E-state index contributed by atoms with van der Waals surface area (Å²) in [6, 6.07) is 16.6. The Labute approximate surface area is 200 Å². The van der Waals surface area contributed by atoms with Crippen molar-refractivity contribution in [3.05, 3.63) is 76.9 Å². The predicted octanol–water partition coefficient (Wildman–Crippen LogP) is 5.51. The van der Waals surface area contributed by atoms with E-state index in [9.17, 15) is 14.7 Å². The molecule has 0 aromatic heterocycles. The number of benzene rings is 2. The lowest BCUT2D eigenvalue weighted by molar-refractivity contribution is -0.122. The summed E-state index contributed by atoms with van der Waals surface area (Å²) in [6.45, 7) is 4.70. The molecule has 2 heterocycles. The smallest absolute Gasteiger partial charge is 0.238 e. The van der Waals surface area contributed by atoms with Crippen LogP contribution in [0.1, 0.15) is 45.1 Å². The van der Waals surface area contributed by atoms with Gasteiger partial charge in [0.15, 0.2) is 0 Å². The molecule has 2 saturated heterocycles. The number of hydrogen-bond donors (Lipinski definition) is 1. The molecule has 34 heavy (non-hydrogen) atoms. The molecule has 1 N–H and O–H groups in total. The molecule has 176 valence electrons. The minimum absolute atomic E-state index is 0.0219. The van der Waals surface area contributed by atoms with Crippen LogP contribution in [0.25, 0.3) is 6.08 Å². The normalized spacial score (nSPS) is 26.8. The molecule has 0 radical (unpaired) electrons. The first kappa shape index (κ1) is 22.6. The molecule has 0 bridgehead atoms. The summed E-state index contributed by atoms with van der Waals surface area (Å²) >= 11 is 0. The molecule has 2 aromatic rings. The third-order valence-corrected chi connectivity index (χ3v) is 7.59. The molecule has 4 atom stereocenters. The number of carbonyl (C=O) groups is 2. The third-order valence-electron chi connectivity index (χ3n) is 7.59. The number of phenolic OH excluding ortho intramolecular Hbond substituents is 1. The molecule has 2 fully saturated rings. The summed E-state index contributed by atoms with van der Waals surface area (Å²) in [7, 11) is 0. The summed E-state index contributed by atoms with van der Waals surface area (Å²) in [5.74, 6) is -0.524. The molecule has 5 nitrogen and oxygen atoms in total. The Kier molecular flexibility index (Phi) is 6.13. The highest BCUT2D eigenvalue weighted by molar-refractivity contribution is 6.22. The minimum atomic E-state index is -0.332. The van der Waals surface area contributed by atoms with Crippen LogP contribution in [0.3, 0.4) is 0 Å². The van der Waals surface area contributed by atoms with Gasteiger partial charge in [0.1, 0.15) is 5.75 Å². The Morgan fingerprint density at radius 3 is 2.53 bits per heavy atom. The zero-order valence-corrected chi connectivity index (χ0v) is 19.7. The van der Waals surface area contributed by atoms with Gasteiger partial charge in [-0.2, -0.15) is 0 Å². The molecule has 0 spiro atoms. The largest absolute Gasteiger partial charge is 0.507 e. The van der Waals surface area contributed by atoms with Crippen LogP contribution >= 0.6 is 0 Å². The van der Waals surface area contributed by atoms with Crippen molar-refractivity contribution in [1.82, 2.24) is 0 Å². The number of rotatable bonds is 6. The highest BCUT2D eigenvalue weighted by atomic mass is 16.5. The maximum Gasteiger partial charge on any atom is 0.238 e. The van der Waals surface area contributed by atoms with E-state index in [1.54, 1.807) is 6.07 Å². The molecular formula is C29H31NO4. The Morgan fingerprint density at radius 1 is 1.06 bits per heavy atom. The molecule has 2 aliphatic heterocycles. The number of para-hydroxylation sites is 2. The van der Waals surface area contributed by atoms with Crippen molar-refractivity contribution >= 4 is 23.6 Å². The first-order valence-corrected chi connectivity index (χ1v) is 12.2. The fraction of sp³-hybridized carbons (Fsp3) is 0.379. The van der Waals surface area contributed by atoms with Crippen molar-refractivity contribution < 1.29 is 19.4 Å². The lowest BCUT2D eigenvalue weighted by Crippen LogP contribution is -2.34. The molecule has 3 aliphatic rings. The van der Waals surface area contributed by atoms with Crippen molar-refractivity contribution in [2.45, 2.75) is 45.6 Å². The second kappa shape index (κ2) is 9.22. The van der Waals surface area contributed by atoms with Gasteiger partial charge in [0, 0.05) is 11.5 Å². The van der Waals surface area contributed by atoms with E-state index in [4.69, 9.17) is 4.74 Å². The lowest BCUT2D eigenvalue weighted by atomic mass is 9.69. The highest BCUT2D eigenvalue weighted by Gasteiger charge is 2.57. The van der Waals surface area contributed by atoms with Gasteiger partial charge in [-0.05, 0) is 56.4 Å². The van der Waals surface area contributed by atoms with Gasteiger partial charge in [0.2, 0.25) is 11.8 Å². The monoisotopic (exact) mass is 457 g/mol. The number of nitrogens with zero attached hydrogens (tertiary/aromatic N) is 1. The van der Waals surface area contributed by atoms with Crippen molar-refractivity contribution in [2.24, 2.45) is 17.8 Å². The number of hydrogen-bond acceptors (Lipinski definition) is 4. The number of amides is 2. The van der Waals surface area contributed by atoms with Crippen molar-refractivity contribution in [3.8, 4) is 5.75 Å². The van der Waals surface area contributed by atoms with E-state index < -0.39 is 0 Å². The maximum atomic E-state index is 13.5. The average molecular weight is 458 g/mol. The van der Waals surface area contributed by atoms with Gasteiger partial charge < -0.3 is 9.84 Å². The van der Waals surface area contributed by atoms with Crippen LogP contribution in [-0.2, 0) is 14.3 Å². The van der Waals surface area contributed by atoms with Crippen LogP contribution in [-0.4, -0.2) is 29.6 Å². The number of allylic oxidation sites excluding steroid dienone is 2. The van der Waals surface area contributed by atoms with Gasteiger partial charge in [-0.3, -0.25) is 14.5 Å². The van der Waals surface area contributed by atoms with Crippen molar-refractivity contribution in [2.75, 3.05) is 11.5 Å². The number of ether oxygens (including phenoxy) is 1. The molecule has 0 saturated carbocycles. The molecule has 2 amide bonds. The SMILES string of the molecule is CCC1=C2[C@@H](CC/C(C)=C/c3ccccc3O)OC[C@@H]2[C@@H]2C(=O)N(c3ccccc3)C(=O)[C@@H]2C1. The first-order valence-electron chi connectivity index (χ1n) is 12.2. The highest BCUT2D eigenvalue weighted by Crippen LogP contribution is 2.51. The van der Waals surface area contributed by atoms with Crippen LogP contribution in [0, 0.1) is 17.8 Å². The summed E-state index contributed by atoms with van der Waals surface area (Å²) in [5.41, 5.74) is 5.19. The first-order chi connectivity index (χ1) is 16.5. The number of anilines is 1. The maximum absolute atomic E-state index is 13.5. The van der Waals surface area contributed by atoms with Crippen LogP contribution in [0.4, 0.5) is 5.69 Å². The fourth-order valence-electron chi connectivity index (χ4n) is 5.95. The van der Waals surface area contributed by atoms with Gasteiger partial charge in [-0.15, -0.1) is 0 Å². The van der Waals surface area contributed by atoms with E-state index >= 15 is 0 Å². The van der Waals surface area contributed by atoms with E-state index in [0.29, 0.717) is 18.7 Å². The van der Waals surface area contributed by atoms with Gasteiger partial charge >= 0.3 is 0 Å². The Balaban J connectivity index is 1.36.